The Morgan fingerprint density at radius 3 is 2.74 bits per heavy atom. The standard InChI is InChI=1S/C15H22N4/c1-3-19(4-2)10-9-18-14-7-8-17-15-11-12(16)5-6-13(14)15/h5-8,11H,3-4,9-10,16H2,1-2H3,(H,17,18). The molecule has 0 aliphatic carbocycles. The van der Waals surface area contributed by atoms with Gasteiger partial charge in [0, 0.05) is 36.0 Å². The van der Waals surface area contributed by atoms with Crippen LogP contribution in [-0.2, 0) is 0 Å². The lowest BCUT2D eigenvalue weighted by Crippen LogP contribution is -2.28. The Bertz CT molecular complexity index is 535. The maximum absolute atomic E-state index is 5.78. The number of benzene rings is 1. The van der Waals surface area contributed by atoms with E-state index in [1.807, 2.05) is 30.5 Å². The van der Waals surface area contributed by atoms with E-state index in [0.717, 1.165) is 48.5 Å². The van der Waals surface area contributed by atoms with Crippen LogP contribution in [0.5, 0.6) is 0 Å². The summed E-state index contributed by atoms with van der Waals surface area (Å²) in [6.07, 6.45) is 1.82. The van der Waals surface area contributed by atoms with Crippen LogP contribution in [0.15, 0.2) is 30.5 Å². The van der Waals surface area contributed by atoms with Crippen LogP contribution in [0.25, 0.3) is 10.9 Å². The van der Waals surface area contributed by atoms with Gasteiger partial charge in [0.15, 0.2) is 0 Å². The summed E-state index contributed by atoms with van der Waals surface area (Å²) in [5.74, 6) is 0. The van der Waals surface area contributed by atoms with Crippen molar-refractivity contribution in [2.75, 3.05) is 37.2 Å². The fraction of sp³-hybridized carbons (Fsp3) is 0.400. The van der Waals surface area contributed by atoms with E-state index in [9.17, 15) is 0 Å². The third-order valence-corrected chi connectivity index (χ3v) is 3.40. The molecule has 0 bridgehead atoms. The summed E-state index contributed by atoms with van der Waals surface area (Å²) < 4.78 is 0. The maximum Gasteiger partial charge on any atom is 0.0743 e. The summed E-state index contributed by atoms with van der Waals surface area (Å²) in [5, 5.41) is 4.61. The Morgan fingerprint density at radius 1 is 1.21 bits per heavy atom. The molecule has 0 atom stereocenters. The van der Waals surface area contributed by atoms with E-state index in [1.165, 1.54) is 0 Å². The van der Waals surface area contributed by atoms with Gasteiger partial charge in [-0.3, -0.25) is 4.98 Å². The number of likely N-dealkylation sites (N-methyl/N-ethyl adjacent to an activating group) is 1. The molecule has 1 heterocycles. The Kier molecular flexibility index (Phi) is 4.58. The van der Waals surface area contributed by atoms with Crippen LogP contribution in [0, 0.1) is 0 Å². The number of nitrogens with two attached hydrogens (primary N) is 1. The highest BCUT2D eigenvalue weighted by Gasteiger charge is 2.03. The second kappa shape index (κ2) is 6.38. The van der Waals surface area contributed by atoms with E-state index in [1.54, 1.807) is 0 Å². The average Bonchev–Trinajstić information content (AvgIpc) is 2.43. The monoisotopic (exact) mass is 258 g/mol. The molecule has 2 rings (SSSR count). The molecule has 102 valence electrons. The zero-order chi connectivity index (χ0) is 13.7. The van der Waals surface area contributed by atoms with Crippen molar-refractivity contribution < 1.29 is 0 Å². The summed E-state index contributed by atoms with van der Waals surface area (Å²) >= 11 is 0. The Morgan fingerprint density at radius 2 is 2.00 bits per heavy atom. The lowest BCUT2D eigenvalue weighted by atomic mass is 10.1. The summed E-state index contributed by atoms with van der Waals surface area (Å²) in [6.45, 7) is 8.54. The number of aromatic nitrogens is 1. The van der Waals surface area contributed by atoms with Crippen LogP contribution in [0.2, 0.25) is 0 Å². The molecule has 0 spiro atoms. The predicted octanol–water partition coefficient (Wildman–Crippen LogP) is 2.57. The number of fused-ring (bicyclic) bond motifs is 1. The number of anilines is 2. The van der Waals surface area contributed by atoms with Gasteiger partial charge in [-0.25, -0.2) is 0 Å². The Hall–Kier alpha value is -1.81. The van der Waals surface area contributed by atoms with Crippen LogP contribution >= 0.6 is 0 Å². The van der Waals surface area contributed by atoms with Crippen molar-refractivity contribution in [3.63, 3.8) is 0 Å². The number of hydrogen-bond acceptors (Lipinski definition) is 4. The highest BCUT2D eigenvalue weighted by Crippen LogP contribution is 2.22. The zero-order valence-electron chi connectivity index (χ0n) is 11.7. The Balaban J connectivity index is 2.08. The van der Waals surface area contributed by atoms with Gasteiger partial charge in [-0.05, 0) is 37.4 Å². The molecule has 0 amide bonds. The molecule has 0 unspecified atom stereocenters. The number of pyridine rings is 1. The SMILES string of the molecule is CCN(CC)CCNc1ccnc2cc(N)ccc12. The molecule has 4 nitrogen and oxygen atoms in total. The fourth-order valence-electron chi connectivity index (χ4n) is 2.21. The molecule has 0 saturated carbocycles. The van der Waals surface area contributed by atoms with Crippen molar-refractivity contribution in [2.45, 2.75) is 13.8 Å². The van der Waals surface area contributed by atoms with Gasteiger partial charge >= 0.3 is 0 Å². The first-order valence-electron chi connectivity index (χ1n) is 6.85. The van der Waals surface area contributed by atoms with E-state index in [-0.39, 0.29) is 0 Å². The number of nitrogens with zero attached hydrogens (tertiary/aromatic N) is 2. The summed E-state index contributed by atoms with van der Waals surface area (Å²) in [7, 11) is 0. The van der Waals surface area contributed by atoms with Crippen molar-refractivity contribution in [3.8, 4) is 0 Å². The highest BCUT2D eigenvalue weighted by molar-refractivity contribution is 5.92. The fourth-order valence-corrected chi connectivity index (χ4v) is 2.21. The first kappa shape index (κ1) is 13.6. The normalized spacial score (nSPS) is 11.1. The van der Waals surface area contributed by atoms with Crippen molar-refractivity contribution in [2.24, 2.45) is 0 Å². The third-order valence-electron chi connectivity index (χ3n) is 3.40. The first-order chi connectivity index (χ1) is 9.24. The zero-order valence-corrected chi connectivity index (χ0v) is 11.7. The van der Waals surface area contributed by atoms with Crippen molar-refractivity contribution >= 4 is 22.3 Å². The summed E-state index contributed by atoms with van der Waals surface area (Å²) in [6, 6.07) is 7.86. The van der Waals surface area contributed by atoms with Gasteiger partial charge in [-0.15, -0.1) is 0 Å². The number of rotatable bonds is 6. The molecular formula is C15H22N4. The lowest BCUT2D eigenvalue weighted by molar-refractivity contribution is 0.316. The minimum absolute atomic E-state index is 0.750. The molecule has 4 heteroatoms. The maximum atomic E-state index is 5.78. The van der Waals surface area contributed by atoms with Crippen molar-refractivity contribution in [3.05, 3.63) is 30.5 Å². The van der Waals surface area contributed by atoms with Crippen LogP contribution in [0.3, 0.4) is 0 Å². The largest absolute Gasteiger partial charge is 0.399 e. The molecule has 0 aliphatic rings. The average molecular weight is 258 g/mol. The number of nitrogens with one attached hydrogen (secondary N) is 1. The van der Waals surface area contributed by atoms with E-state index < -0.39 is 0 Å². The summed E-state index contributed by atoms with van der Waals surface area (Å²) in [5.41, 5.74) is 8.59. The van der Waals surface area contributed by atoms with E-state index >= 15 is 0 Å². The van der Waals surface area contributed by atoms with E-state index in [4.69, 9.17) is 5.73 Å². The predicted molar refractivity (Wildman–Crippen MR) is 82.4 cm³/mol. The third kappa shape index (κ3) is 3.35. The molecule has 1 aromatic heterocycles. The molecule has 19 heavy (non-hydrogen) atoms. The molecule has 2 aromatic rings. The molecule has 1 aromatic carbocycles. The van der Waals surface area contributed by atoms with E-state index in [0.29, 0.717) is 0 Å². The highest BCUT2D eigenvalue weighted by atomic mass is 15.1. The van der Waals surface area contributed by atoms with Crippen molar-refractivity contribution in [1.29, 1.82) is 0 Å². The molecule has 0 aliphatic heterocycles. The van der Waals surface area contributed by atoms with Crippen molar-refractivity contribution in [1.82, 2.24) is 9.88 Å². The molecule has 3 N–H and O–H groups in total. The summed E-state index contributed by atoms with van der Waals surface area (Å²) in [4.78, 5) is 6.75. The molecular weight excluding hydrogens is 236 g/mol. The van der Waals surface area contributed by atoms with Crippen LogP contribution < -0.4 is 11.1 Å². The lowest BCUT2D eigenvalue weighted by Gasteiger charge is -2.18. The van der Waals surface area contributed by atoms with Crippen LogP contribution in [-0.4, -0.2) is 36.1 Å². The van der Waals surface area contributed by atoms with Crippen LogP contribution in [0.4, 0.5) is 11.4 Å². The van der Waals surface area contributed by atoms with Gasteiger partial charge in [0.2, 0.25) is 0 Å². The van der Waals surface area contributed by atoms with Crippen LogP contribution in [0.1, 0.15) is 13.8 Å². The minimum Gasteiger partial charge on any atom is -0.399 e. The second-order valence-electron chi connectivity index (χ2n) is 4.59. The quantitative estimate of drug-likeness (QED) is 0.782. The first-order valence-corrected chi connectivity index (χ1v) is 6.85. The smallest absolute Gasteiger partial charge is 0.0743 e. The number of nitrogen functional groups attached to an aromatic ring is 1. The molecule has 0 fully saturated rings. The molecule has 0 radical (unpaired) electrons. The van der Waals surface area contributed by atoms with Gasteiger partial charge in [0.25, 0.3) is 0 Å². The van der Waals surface area contributed by atoms with Gasteiger partial charge in [0.05, 0.1) is 5.52 Å². The second-order valence-corrected chi connectivity index (χ2v) is 4.59. The Labute approximate surface area is 114 Å². The molecule has 0 saturated heterocycles. The van der Waals surface area contributed by atoms with Gasteiger partial charge in [-0.2, -0.15) is 0 Å². The topological polar surface area (TPSA) is 54.2 Å². The van der Waals surface area contributed by atoms with E-state index in [2.05, 4.69) is 29.0 Å². The van der Waals surface area contributed by atoms with Gasteiger partial charge < -0.3 is 16.0 Å². The minimum atomic E-state index is 0.750. The number of hydrogen-bond donors (Lipinski definition) is 2. The van der Waals surface area contributed by atoms with Gasteiger partial charge in [0.1, 0.15) is 0 Å². The van der Waals surface area contributed by atoms with Gasteiger partial charge in [-0.1, -0.05) is 13.8 Å².